The molecule has 1 atom stereocenters. The van der Waals surface area contributed by atoms with Crippen molar-refractivity contribution in [1.82, 2.24) is 0 Å². The summed E-state index contributed by atoms with van der Waals surface area (Å²) >= 11 is 0. The molecule has 0 aliphatic carbocycles. The van der Waals surface area contributed by atoms with Gasteiger partial charge in [0.2, 0.25) is 0 Å². The molecule has 16 heavy (non-hydrogen) atoms. The highest BCUT2D eigenvalue weighted by Crippen LogP contribution is 2.11. The maximum Gasteiger partial charge on any atom is 0.316 e. The highest BCUT2D eigenvalue weighted by molar-refractivity contribution is 5.97. The topological polar surface area (TPSA) is 52.6 Å². The van der Waals surface area contributed by atoms with Gasteiger partial charge in [-0.1, -0.05) is 6.08 Å². The van der Waals surface area contributed by atoms with Gasteiger partial charge in [-0.2, -0.15) is 0 Å². The Bertz CT molecular complexity index is 235. The highest BCUT2D eigenvalue weighted by atomic mass is 16.5. The Morgan fingerprint density at radius 1 is 1.38 bits per heavy atom. The maximum atomic E-state index is 11.2. The molecule has 0 aliphatic rings. The van der Waals surface area contributed by atoms with Crippen molar-refractivity contribution in [1.29, 1.82) is 0 Å². The van der Waals surface area contributed by atoms with E-state index in [9.17, 15) is 9.59 Å². The second kappa shape index (κ2) is 9.09. The van der Waals surface area contributed by atoms with E-state index in [0.717, 1.165) is 12.8 Å². The molecular formula is C12H20O4. The van der Waals surface area contributed by atoms with Crippen molar-refractivity contribution in [3.05, 3.63) is 12.7 Å². The zero-order chi connectivity index (χ0) is 12.4. The predicted octanol–water partition coefficient (Wildman–Crippen LogP) is 1.74. The molecule has 0 unspecified atom stereocenters. The number of esters is 1. The van der Waals surface area contributed by atoms with Crippen LogP contribution in [0.3, 0.4) is 0 Å². The quantitative estimate of drug-likeness (QED) is 0.261. The van der Waals surface area contributed by atoms with Gasteiger partial charge < -0.3 is 9.47 Å². The number of hydrogen-bond acceptors (Lipinski definition) is 4. The van der Waals surface area contributed by atoms with Crippen LogP contribution in [-0.4, -0.2) is 32.1 Å². The Kier molecular flexibility index (Phi) is 8.43. The van der Waals surface area contributed by atoms with E-state index in [0.29, 0.717) is 19.6 Å². The summed E-state index contributed by atoms with van der Waals surface area (Å²) in [5, 5.41) is 0. The van der Waals surface area contributed by atoms with E-state index in [1.54, 1.807) is 6.08 Å². The largest absolute Gasteiger partial charge is 0.468 e. The Morgan fingerprint density at radius 3 is 2.56 bits per heavy atom. The maximum absolute atomic E-state index is 11.2. The molecule has 0 aliphatic heterocycles. The minimum atomic E-state index is -0.621. The summed E-state index contributed by atoms with van der Waals surface area (Å²) in [7, 11) is 1.30. The number of rotatable bonds is 9. The Balaban J connectivity index is 3.73. The van der Waals surface area contributed by atoms with E-state index in [4.69, 9.17) is 4.74 Å². The minimum absolute atomic E-state index is 0.140. The zero-order valence-corrected chi connectivity index (χ0v) is 10.0. The first kappa shape index (κ1) is 14.8. The van der Waals surface area contributed by atoms with Gasteiger partial charge in [0.05, 0.1) is 13.7 Å². The lowest BCUT2D eigenvalue weighted by atomic mass is 9.98. The van der Waals surface area contributed by atoms with Gasteiger partial charge in [-0.15, -0.1) is 6.58 Å². The molecule has 4 nitrogen and oxygen atoms in total. The fourth-order valence-corrected chi connectivity index (χ4v) is 1.35. The number of methoxy groups -OCH3 is 1. The van der Waals surface area contributed by atoms with Crippen LogP contribution in [0.5, 0.6) is 0 Å². The van der Waals surface area contributed by atoms with Gasteiger partial charge in [-0.25, -0.2) is 0 Å². The van der Waals surface area contributed by atoms with Crippen LogP contribution in [0.2, 0.25) is 0 Å². The van der Waals surface area contributed by atoms with Gasteiger partial charge in [0.15, 0.2) is 0 Å². The number of carbonyl (C=O) groups excluding carboxylic acids is 2. The summed E-state index contributed by atoms with van der Waals surface area (Å²) in [5.41, 5.74) is 0. The number of unbranched alkanes of at least 4 members (excludes halogenated alkanes) is 1. The molecule has 92 valence electrons. The molecule has 4 heteroatoms. The van der Waals surface area contributed by atoms with Crippen molar-refractivity contribution in [3.63, 3.8) is 0 Å². The lowest BCUT2D eigenvalue weighted by Crippen LogP contribution is -2.23. The SMILES string of the molecule is C=CCOCCCC[C@H](C(C)=O)C(=O)OC. The van der Waals surface area contributed by atoms with Crippen molar-refractivity contribution in [2.75, 3.05) is 20.3 Å². The van der Waals surface area contributed by atoms with Gasteiger partial charge in [0, 0.05) is 6.61 Å². The third kappa shape index (κ3) is 6.35. The second-order valence-corrected chi connectivity index (χ2v) is 3.55. The molecule has 0 saturated carbocycles. The predicted molar refractivity (Wildman–Crippen MR) is 61.1 cm³/mol. The van der Waals surface area contributed by atoms with Gasteiger partial charge in [0.1, 0.15) is 11.7 Å². The lowest BCUT2D eigenvalue weighted by Gasteiger charge is -2.10. The van der Waals surface area contributed by atoms with E-state index in [2.05, 4.69) is 11.3 Å². The molecule has 0 bridgehead atoms. The lowest BCUT2D eigenvalue weighted by molar-refractivity contribution is -0.149. The standard InChI is InChI=1S/C12H20O4/c1-4-8-16-9-6-5-7-11(10(2)13)12(14)15-3/h4,11H,1,5-9H2,2-3H3/t11-/m1/s1. The Hall–Kier alpha value is -1.16. The van der Waals surface area contributed by atoms with Crippen molar-refractivity contribution in [2.24, 2.45) is 5.92 Å². The summed E-state index contributed by atoms with van der Waals surface area (Å²) in [6.45, 7) is 6.10. The summed E-state index contributed by atoms with van der Waals surface area (Å²) < 4.78 is 9.76. The van der Waals surface area contributed by atoms with Crippen LogP contribution in [0.25, 0.3) is 0 Å². The summed E-state index contributed by atoms with van der Waals surface area (Å²) in [6.07, 6.45) is 3.82. The van der Waals surface area contributed by atoms with Crippen LogP contribution in [0.4, 0.5) is 0 Å². The molecule has 0 aromatic heterocycles. The van der Waals surface area contributed by atoms with E-state index in [1.807, 2.05) is 0 Å². The van der Waals surface area contributed by atoms with Crippen LogP contribution in [0, 0.1) is 5.92 Å². The smallest absolute Gasteiger partial charge is 0.316 e. The van der Waals surface area contributed by atoms with Crippen molar-refractivity contribution in [3.8, 4) is 0 Å². The van der Waals surface area contributed by atoms with E-state index in [-0.39, 0.29) is 5.78 Å². The van der Waals surface area contributed by atoms with Crippen molar-refractivity contribution < 1.29 is 19.1 Å². The number of ketones is 1. The third-order valence-electron chi connectivity index (χ3n) is 2.24. The number of carbonyl (C=O) groups is 2. The van der Waals surface area contributed by atoms with Crippen LogP contribution < -0.4 is 0 Å². The molecule has 0 rings (SSSR count). The zero-order valence-electron chi connectivity index (χ0n) is 10.0. The van der Waals surface area contributed by atoms with Crippen LogP contribution in [0.15, 0.2) is 12.7 Å². The number of ether oxygens (including phenoxy) is 2. The highest BCUT2D eigenvalue weighted by Gasteiger charge is 2.23. The van der Waals surface area contributed by atoms with Gasteiger partial charge in [-0.3, -0.25) is 9.59 Å². The minimum Gasteiger partial charge on any atom is -0.468 e. The van der Waals surface area contributed by atoms with Gasteiger partial charge in [-0.05, 0) is 26.2 Å². The molecule has 0 fully saturated rings. The van der Waals surface area contributed by atoms with Crippen LogP contribution in [0.1, 0.15) is 26.2 Å². The molecule has 0 heterocycles. The average molecular weight is 228 g/mol. The van der Waals surface area contributed by atoms with Crippen LogP contribution >= 0.6 is 0 Å². The van der Waals surface area contributed by atoms with Crippen molar-refractivity contribution >= 4 is 11.8 Å². The first-order valence-corrected chi connectivity index (χ1v) is 5.40. The summed E-state index contributed by atoms with van der Waals surface area (Å²) in [6, 6.07) is 0. The first-order valence-electron chi connectivity index (χ1n) is 5.40. The van der Waals surface area contributed by atoms with E-state index < -0.39 is 11.9 Å². The molecule has 0 N–H and O–H groups in total. The Labute approximate surface area is 96.6 Å². The fourth-order valence-electron chi connectivity index (χ4n) is 1.35. The monoisotopic (exact) mass is 228 g/mol. The third-order valence-corrected chi connectivity index (χ3v) is 2.24. The normalized spacial score (nSPS) is 11.9. The molecule has 0 aromatic rings. The molecular weight excluding hydrogens is 208 g/mol. The first-order chi connectivity index (χ1) is 7.63. The number of hydrogen-bond donors (Lipinski definition) is 0. The summed E-state index contributed by atoms with van der Waals surface area (Å²) in [4.78, 5) is 22.4. The van der Waals surface area contributed by atoms with Gasteiger partial charge in [0.25, 0.3) is 0 Å². The molecule has 0 amide bonds. The van der Waals surface area contributed by atoms with Gasteiger partial charge >= 0.3 is 5.97 Å². The van der Waals surface area contributed by atoms with E-state index in [1.165, 1.54) is 14.0 Å². The molecule has 0 aromatic carbocycles. The summed E-state index contributed by atoms with van der Waals surface area (Å²) in [5.74, 6) is -1.21. The Morgan fingerprint density at radius 2 is 2.06 bits per heavy atom. The van der Waals surface area contributed by atoms with E-state index >= 15 is 0 Å². The fraction of sp³-hybridized carbons (Fsp3) is 0.667. The molecule has 0 spiro atoms. The van der Waals surface area contributed by atoms with Crippen LogP contribution in [-0.2, 0) is 19.1 Å². The number of Topliss-reactive ketones (excluding diaryl/α,β-unsaturated/α-hetero) is 1. The second-order valence-electron chi connectivity index (χ2n) is 3.55. The average Bonchev–Trinajstić information content (AvgIpc) is 2.26. The van der Waals surface area contributed by atoms with Crippen molar-refractivity contribution in [2.45, 2.75) is 26.2 Å². The molecule has 0 radical (unpaired) electrons. The molecule has 0 saturated heterocycles.